The van der Waals surface area contributed by atoms with Crippen molar-refractivity contribution in [2.24, 2.45) is 0 Å². The quantitative estimate of drug-likeness (QED) is 0.499. The average Bonchev–Trinajstić information content (AvgIpc) is 2.98. The number of carbonyl (C=O) groups is 3. The van der Waals surface area contributed by atoms with E-state index >= 15 is 0 Å². The molecule has 0 saturated heterocycles. The molecule has 29 heavy (non-hydrogen) atoms. The Morgan fingerprint density at radius 3 is 2.03 bits per heavy atom. The second-order valence-corrected chi connectivity index (χ2v) is 6.57. The predicted molar refractivity (Wildman–Crippen MR) is 105 cm³/mol. The molecule has 3 aromatic carbocycles. The maximum Gasteiger partial charge on any atom is 0.197 e. The molecule has 3 aromatic rings. The van der Waals surface area contributed by atoms with Crippen LogP contribution in [0.1, 0.15) is 42.2 Å². The van der Waals surface area contributed by atoms with Crippen molar-refractivity contribution in [2.75, 3.05) is 0 Å². The average molecular weight is 383 g/mol. The number of fused-ring (bicyclic) bond motifs is 1. The fourth-order valence-electron chi connectivity index (χ4n) is 3.19. The van der Waals surface area contributed by atoms with Gasteiger partial charge in [0.05, 0.1) is 11.5 Å². The molecule has 0 bridgehead atoms. The van der Waals surface area contributed by atoms with Crippen molar-refractivity contribution in [2.45, 2.75) is 6.61 Å². The summed E-state index contributed by atoms with van der Waals surface area (Å²) in [6.07, 6.45) is 1.55. The van der Waals surface area contributed by atoms with Gasteiger partial charge in [-0.05, 0) is 23.3 Å². The molecule has 142 valence electrons. The van der Waals surface area contributed by atoms with Crippen molar-refractivity contribution < 1.29 is 24.2 Å². The minimum Gasteiger partial charge on any atom is -0.545 e. The summed E-state index contributed by atoms with van der Waals surface area (Å²) >= 11 is 0. The molecule has 0 fully saturated rings. The second kappa shape index (κ2) is 7.56. The number of carboxylic acid groups (broad SMARTS) is 1. The molecule has 0 aliphatic heterocycles. The molecule has 4 rings (SSSR count). The number of allylic oxidation sites excluding steroid dienone is 1. The fraction of sp³-hybridized carbons (Fsp3) is 0.0417. The monoisotopic (exact) mass is 383 g/mol. The number of carboxylic acids is 1. The molecule has 5 heteroatoms. The van der Waals surface area contributed by atoms with Crippen molar-refractivity contribution in [1.82, 2.24) is 0 Å². The summed E-state index contributed by atoms with van der Waals surface area (Å²) in [6.45, 7) is 0.204. The van der Waals surface area contributed by atoms with E-state index in [1.807, 2.05) is 0 Å². The molecule has 1 aliphatic rings. The van der Waals surface area contributed by atoms with E-state index in [1.54, 1.807) is 66.7 Å². The summed E-state index contributed by atoms with van der Waals surface area (Å²) in [5.74, 6) is -1.31. The van der Waals surface area contributed by atoms with Gasteiger partial charge in [0.25, 0.3) is 0 Å². The SMILES string of the molecule is O=C([O-])c1ccc(COc2ccccc2C=C2C(=O)c3ccccc3C2=O)cc1. The van der Waals surface area contributed by atoms with Gasteiger partial charge in [0.15, 0.2) is 11.6 Å². The molecule has 0 atom stereocenters. The first kappa shape index (κ1) is 18.4. The first-order valence-corrected chi connectivity index (χ1v) is 8.97. The third-order valence-electron chi connectivity index (χ3n) is 4.71. The Hall–Kier alpha value is -3.99. The van der Waals surface area contributed by atoms with Gasteiger partial charge in [-0.3, -0.25) is 9.59 Å². The predicted octanol–water partition coefficient (Wildman–Crippen LogP) is 3.09. The van der Waals surface area contributed by atoms with E-state index in [2.05, 4.69) is 0 Å². The van der Waals surface area contributed by atoms with E-state index in [9.17, 15) is 19.5 Å². The molecule has 0 spiro atoms. The minimum atomic E-state index is -1.23. The highest BCUT2D eigenvalue weighted by molar-refractivity contribution is 6.41. The summed E-state index contributed by atoms with van der Waals surface area (Å²) in [6, 6.07) is 20.1. The lowest BCUT2D eigenvalue weighted by Crippen LogP contribution is -2.22. The third-order valence-corrected chi connectivity index (χ3v) is 4.71. The van der Waals surface area contributed by atoms with Crippen LogP contribution in [0, 0.1) is 0 Å². The highest BCUT2D eigenvalue weighted by atomic mass is 16.5. The molecular weight excluding hydrogens is 368 g/mol. The highest BCUT2D eigenvalue weighted by Crippen LogP contribution is 2.30. The number of Topliss-reactive ketones (excluding diaryl/α,β-unsaturated/α-hetero) is 2. The molecule has 0 radical (unpaired) electrons. The number of carbonyl (C=O) groups excluding carboxylic acids is 3. The van der Waals surface area contributed by atoms with Gasteiger partial charge in [-0.25, -0.2) is 0 Å². The van der Waals surface area contributed by atoms with Crippen LogP contribution in [0.3, 0.4) is 0 Å². The molecule has 5 nitrogen and oxygen atoms in total. The van der Waals surface area contributed by atoms with E-state index < -0.39 is 5.97 Å². The zero-order valence-corrected chi connectivity index (χ0v) is 15.3. The number of para-hydroxylation sites is 1. The number of hydrogen-bond donors (Lipinski definition) is 0. The topological polar surface area (TPSA) is 83.5 Å². The lowest BCUT2D eigenvalue weighted by molar-refractivity contribution is -0.255. The first-order valence-electron chi connectivity index (χ1n) is 8.97. The largest absolute Gasteiger partial charge is 0.545 e. The smallest absolute Gasteiger partial charge is 0.197 e. The first-order chi connectivity index (χ1) is 14.0. The Morgan fingerprint density at radius 1 is 0.828 bits per heavy atom. The highest BCUT2D eigenvalue weighted by Gasteiger charge is 2.32. The van der Waals surface area contributed by atoms with Crippen molar-refractivity contribution in [3.05, 3.63) is 106 Å². The molecule has 0 amide bonds. The van der Waals surface area contributed by atoms with E-state index in [0.717, 1.165) is 5.56 Å². The third kappa shape index (κ3) is 3.58. The van der Waals surface area contributed by atoms with Crippen LogP contribution in [0.25, 0.3) is 6.08 Å². The standard InChI is InChI=1S/C24H16O5/c25-22-18-6-2-3-7-19(18)23(26)20(22)13-17-5-1-4-8-21(17)29-14-15-9-11-16(12-10-15)24(27)28/h1-13H,14H2,(H,27,28)/p-1. The zero-order chi connectivity index (χ0) is 20.4. The van der Waals surface area contributed by atoms with Crippen molar-refractivity contribution in [1.29, 1.82) is 0 Å². The summed E-state index contributed by atoms with van der Waals surface area (Å²) in [7, 11) is 0. The molecular formula is C24H15O5-. The van der Waals surface area contributed by atoms with Crippen LogP contribution in [0.2, 0.25) is 0 Å². The van der Waals surface area contributed by atoms with Gasteiger partial charge in [0.2, 0.25) is 0 Å². The van der Waals surface area contributed by atoms with Crippen LogP contribution in [-0.4, -0.2) is 17.5 Å². The van der Waals surface area contributed by atoms with E-state index in [1.165, 1.54) is 12.1 Å². The van der Waals surface area contributed by atoms with Crippen LogP contribution in [-0.2, 0) is 6.61 Å². The van der Waals surface area contributed by atoms with Crippen LogP contribution in [0.5, 0.6) is 5.75 Å². The van der Waals surface area contributed by atoms with Gasteiger partial charge < -0.3 is 14.6 Å². The summed E-state index contributed by atoms with van der Waals surface area (Å²) in [4.78, 5) is 36.0. The second-order valence-electron chi connectivity index (χ2n) is 6.57. The van der Waals surface area contributed by atoms with Gasteiger partial charge in [-0.15, -0.1) is 0 Å². The van der Waals surface area contributed by atoms with E-state index in [0.29, 0.717) is 22.4 Å². The number of hydrogen-bond acceptors (Lipinski definition) is 5. The number of rotatable bonds is 5. The minimum absolute atomic E-state index is 0.0942. The van der Waals surface area contributed by atoms with E-state index in [4.69, 9.17) is 4.74 Å². The van der Waals surface area contributed by atoms with Crippen LogP contribution in [0.4, 0.5) is 0 Å². The van der Waals surface area contributed by atoms with Crippen molar-refractivity contribution >= 4 is 23.6 Å². The Labute approximate surface area is 166 Å². The van der Waals surface area contributed by atoms with Gasteiger partial charge in [0.1, 0.15) is 12.4 Å². The zero-order valence-electron chi connectivity index (χ0n) is 15.3. The van der Waals surface area contributed by atoms with Crippen LogP contribution < -0.4 is 9.84 Å². The number of benzene rings is 3. The molecule has 0 heterocycles. The normalized spacial score (nSPS) is 12.6. The Balaban J connectivity index is 1.58. The molecule has 0 N–H and O–H groups in total. The fourth-order valence-corrected chi connectivity index (χ4v) is 3.19. The van der Waals surface area contributed by atoms with Crippen molar-refractivity contribution in [3.8, 4) is 5.75 Å². The number of ketones is 2. The van der Waals surface area contributed by atoms with Crippen LogP contribution in [0.15, 0.2) is 78.4 Å². The number of ether oxygens (including phenoxy) is 1. The molecule has 1 aliphatic carbocycles. The molecule has 0 unspecified atom stereocenters. The lowest BCUT2D eigenvalue weighted by atomic mass is 10.1. The Morgan fingerprint density at radius 2 is 1.41 bits per heavy atom. The summed E-state index contributed by atoms with van der Waals surface area (Å²) in [5, 5.41) is 10.8. The summed E-state index contributed by atoms with van der Waals surface area (Å²) < 4.78 is 5.85. The summed E-state index contributed by atoms with van der Waals surface area (Å²) in [5.41, 5.74) is 2.42. The van der Waals surface area contributed by atoms with Gasteiger partial charge in [-0.1, -0.05) is 66.7 Å². The molecule has 0 aromatic heterocycles. The van der Waals surface area contributed by atoms with Crippen molar-refractivity contribution in [3.63, 3.8) is 0 Å². The lowest BCUT2D eigenvalue weighted by Gasteiger charge is -2.10. The maximum atomic E-state index is 12.6. The van der Waals surface area contributed by atoms with Gasteiger partial charge in [-0.2, -0.15) is 0 Å². The Bertz CT molecular complexity index is 1120. The van der Waals surface area contributed by atoms with Gasteiger partial charge in [0, 0.05) is 16.7 Å². The van der Waals surface area contributed by atoms with Gasteiger partial charge >= 0.3 is 0 Å². The van der Waals surface area contributed by atoms with Crippen LogP contribution >= 0.6 is 0 Å². The Kier molecular flexibility index (Phi) is 4.79. The number of aromatic carboxylic acids is 1. The molecule has 0 saturated carbocycles. The van der Waals surface area contributed by atoms with E-state index in [-0.39, 0.29) is 29.3 Å². The maximum absolute atomic E-state index is 12.6.